The van der Waals surface area contributed by atoms with Crippen molar-refractivity contribution in [2.24, 2.45) is 0 Å². The first-order valence-corrected chi connectivity index (χ1v) is 4.70. The Morgan fingerprint density at radius 2 is 0.615 bits per heavy atom. The molecule has 0 spiro atoms. The Balaban J connectivity index is -0.00000000970. The number of hydrogen-bond donors (Lipinski definition) is 6. The van der Waals surface area contributed by atoms with Crippen molar-refractivity contribution in [2.45, 2.75) is 0 Å². The molecule has 0 amide bonds. The third-order valence-electron chi connectivity index (χ3n) is 0. The Labute approximate surface area is 206 Å². The van der Waals surface area contributed by atoms with Gasteiger partial charge in [-0.15, -0.1) is 0 Å². The minimum absolute atomic E-state index is 0. The van der Waals surface area contributed by atoms with E-state index in [1.54, 1.807) is 0 Å². The van der Waals surface area contributed by atoms with Crippen molar-refractivity contribution in [3.8, 4) is 0 Å². The molecule has 13 heteroatoms. The van der Waals surface area contributed by atoms with Crippen molar-refractivity contribution in [1.29, 1.82) is 0 Å². The molecule has 0 aliphatic carbocycles. The largest absolute Gasteiger partial charge is 1.00 e. The Morgan fingerprint density at radius 1 is 0.615 bits per heavy atom. The van der Waals surface area contributed by atoms with E-state index in [1.165, 1.54) is 0 Å². The van der Waals surface area contributed by atoms with Gasteiger partial charge in [-0.1, -0.05) is 0 Å². The first-order chi connectivity index (χ1) is 4.00. The molecule has 0 bridgehead atoms. The number of hydrogen-bond acceptors (Lipinski definition) is 2. The molecule has 0 heterocycles. The first kappa shape index (κ1) is 30.9. The van der Waals surface area contributed by atoms with Crippen LogP contribution in [0.4, 0.5) is 0 Å². The van der Waals surface area contributed by atoms with E-state index in [-0.39, 0.29) is 158 Å². The molecule has 0 aliphatic heterocycles. The quantitative estimate of drug-likeness (QED) is 0.190. The molecule has 70 valence electrons. The summed E-state index contributed by atoms with van der Waals surface area (Å²) < 4.78 is 17.8. The van der Waals surface area contributed by atoms with Crippen molar-refractivity contribution >= 4 is 15.6 Å². The zero-order chi connectivity index (χ0) is 9.00. The molecule has 0 aromatic rings. The molecule has 0 aromatic heterocycles. The summed E-state index contributed by atoms with van der Waals surface area (Å²) in [5.74, 6) is 0. The van der Waals surface area contributed by atoms with E-state index in [1.807, 2.05) is 0 Å². The van der Waals surface area contributed by atoms with Crippen LogP contribution in [0.1, 0.15) is 4.28 Å². The van der Waals surface area contributed by atoms with Crippen molar-refractivity contribution < 1.29 is 197 Å². The standard InChI is InChI=1S/3K.2H3O4P.3H/c;;;2*1-5(2,3)4;;;/h;;;2*(H3,1,2,3,4);;;/q3*+1;;;3*-1. The first-order valence-electron chi connectivity index (χ1n) is 1.57. The average Bonchev–Trinajstić information content (AvgIpc) is 1.12. The molecule has 0 radical (unpaired) electrons. The molecule has 0 fully saturated rings. The van der Waals surface area contributed by atoms with Gasteiger partial charge in [0.05, 0.1) is 0 Å². The zero-order valence-corrected chi connectivity index (χ0v) is 18.6. The average molecular weight is 316 g/mol. The topological polar surface area (TPSA) is 156 Å². The predicted octanol–water partition coefficient (Wildman–Crippen LogP) is -10.5. The van der Waals surface area contributed by atoms with E-state index < -0.39 is 15.6 Å². The van der Waals surface area contributed by atoms with Gasteiger partial charge in [0.15, 0.2) is 0 Å². The smallest absolute Gasteiger partial charge is 1.00 e. The molecule has 0 atom stereocenters. The summed E-state index contributed by atoms with van der Waals surface area (Å²) in [6.45, 7) is 0. The second kappa shape index (κ2) is 15.2. The molecule has 13 heavy (non-hydrogen) atoms. The van der Waals surface area contributed by atoms with E-state index in [0.717, 1.165) is 0 Å². The maximum absolute atomic E-state index is 8.88. The fraction of sp³-hybridized carbons (Fsp3) is 0. The summed E-state index contributed by atoms with van der Waals surface area (Å²) in [5.41, 5.74) is 0. The molecule has 0 aliphatic rings. The third kappa shape index (κ3) is 149. The van der Waals surface area contributed by atoms with Crippen molar-refractivity contribution in [3.63, 3.8) is 0 Å². The molecule has 0 unspecified atom stereocenters. The second-order valence-electron chi connectivity index (χ2n) is 1.03. The van der Waals surface area contributed by atoms with Gasteiger partial charge in [-0.2, -0.15) is 0 Å². The molecule has 8 nitrogen and oxygen atoms in total. The van der Waals surface area contributed by atoms with Crippen LogP contribution < -0.4 is 154 Å². The normalized spacial score (nSPS) is 9.08. The Bertz CT molecular complexity index is 141. The van der Waals surface area contributed by atoms with Gasteiger partial charge in [0.2, 0.25) is 0 Å². The fourth-order valence-electron chi connectivity index (χ4n) is 0. The van der Waals surface area contributed by atoms with Gasteiger partial charge < -0.3 is 33.6 Å². The predicted molar refractivity (Wildman–Crippen MR) is 31.9 cm³/mol. The summed E-state index contributed by atoms with van der Waals surface area (Å²) in [4.78, 5) is 43.1. The summed E-state index contributed by atoms with van der Waals surface area (Å²) >= 11 is 0. The van der Waals surface area contributed by atoms with E-state index in [2.05, 4.69) is 0 Å². The molecule has 0 aromatic carbocycles. The van der Waals surface area contributed by atoms with Crippen LogP contribution in [0.25, 0.3) is 0 Å². The monoisotopic (exact) mass is 316 g/mol. The van der Waals surface area contributed by atoms with Gasteiger partial charge in [-0.3, -0.25) is 0 Å². The maximum Gasteiger partial charge on any atom is 1.00 e. The molecular formula is H9K3O8P2. The summed E-state index contributed by atoms with van der Waals surface area (Å²) in [7, 11) is -9.28. The van der Waals surface area contributed by atoms with Crippen LogP contribution in [-0.2, 0) is 9.13 Å². The minimum atomic E-state index is -4.64. The molecular weight excluding hydrogens is 307 g/mol. The Hall–Kier alpha value is 5.13. The van der Waals surface area contributed by atoms with Gasteiger partial charge in [-0.25, -0.2) is 9.13 Å². The van der Waals surface area contributed by atoms with E-state index in [9.17, 15) is 0 Å². The summed E-state index contributed by atoms with van der Waals surface area (Å²) in [5, 5.41) is 0. The van der Waals surface area contributed by atoms with Crippen LogP contribution >= 0.6 is 15.6 Å². The SMILES string of the molecule is O=P(O)(O)O.O=P(O)(O)O.[H-].[H-].[H-].[K+].[K+].[K+]. The van der Waals surface area contributed by atoms with E-state index >= 15 is 0 Å². The molecule has 0 saturated carbocycles. The summed E-state index contributed by atoms with van der Waals surface area (Å²) in [6.07, 6.45) is 0. The zero-order valence-electron chi connectivity index (χ0n) is 10.4. The molecule has 0 saturated heterocycles. The van der Waals surface area contributed by atoms with E-state index in [4.69, 9.17) is 38.5 Å². The van der Waals surface area contributed by atoms with Gasteiger partial charge in [-0.05, 0) is 0 Å². The van der Waals surface area contributed by atoms with Crippen LogP contribution in [0.3, 0.4) is 0 Å². The van der Waals surface area contributed by atoms with Crippen LogP contribution in [0.5, 0.6) is 0 Å². The van der Waals surface area contributed by atoms with Crippen LogP contribution in [-0.4, -0.2) is 29.4 Å². The second-order valence-corrected chi connectivity index (χ2v) is 3.08. The number of phosphoric acid groups is 2. The maximum atomic E-state index is 8.88. The molecule has 0 rings (SSSR count). The van der Waals surface area contributed by atoms with Gasteiger partial charge in [0.1, 0.15) is 0 Å². The third-order valence-corrected chi connectivity index (χ3v) is 0. The van der Waals surface area contributed by atoms with E-state index in [0.29, 0.717) is 0 Å². The Kier molecular flexibility index (Phi) is 36.1. The van der Waals surface area contributed by atoms with Crippen molar-refractivity contribution in [2.75, 3.05) is 0 Å². The van der Waals surface area contributed by atoms with Gasteiger partial charge >= 0.3 is 170 Å². The van der Waals surface area contributed by atoms with Crippen LogP contribution in [0, 0.1) is 0 Å². The van der Waals surface area contributed by atoms with Crippen molar-refractivity contribution in [3.05, 3.63) is 0 Å². The van der Waals surface area contributed by atoms with Crippen LogP contribution in [0.15, 0.2) is 0 Å². The number of rotatable bonds is 0. The fourth-order valence-corrected chi connectivity index (χ4v) is 0. The molecule has 6 N–H and O–H groups in total. The summed E-state index contributed by atoms with van der Waals surface area (Å²) in [6, 6.07) is 0. The van der Waals surface area contributed by atoms with Gasteiger partial charge in [0, 0.05) is 0 Å². The minimum Gasteiger partial charge on any atom is -1.00 e. The van der Waals surface area contributed by atoms with Crippen LogP contribution in [0.2, 0.25) is 0 Å². The Morgan fingerprint density at radius 3 is 0.615 bits per heavy atom. The van der Waals surface area contributed by atoms with Crippen molar-refractivity contribution in [1.82, 2.24) is 0 Å². The van der Waals surface area contributed by atoms with Gasteiger partial charge in [0.25, 0.3) is 0 Å².